The van der Waals surface area contributed by atoms with Gasteiger partial charge in [-0.2, -0.15) is 0 Å². The van der Waals surface area contributed by atoms with Gasteiger partial charge < -0.3 is 5.11 Å². The van der Waals surface area contributed by atoms with Gasteiger partial charge in [0.05, 0.1) is 11.3 Å². The second kappa shape index (κ2) is 7.46. The number of benzene rings is 1. The van der Waals surface area contributed by atoms with Crippen molar-refractivity contribution in [2.75, 3.05) is 12.3 Å². The Morgan fingerprint density at radius 3 is 2.62 bits per heavy atom. The molecule has 1 aromatic carbocycles. The summed E-state index contributed by atoms with van der Waals surface area (Å²) in [4.78, 5) is 10.8. The molecule has 0 bridgehead atoms. The highest BCUT2D eigenvalue weighted by molar-refractivity contribution is 7.99. The monoisotopic (exact) mass is 333 g/mol. The van der Waals surface area contributed by atoms with Crippen molar-refractivity contribution in [1.82, 2.24) is 3.71 Å². The molecule has 1 unspecified atom stereocenters. The maximum absolute atomic E-state index is 11.8. The highest BCUT2D eigenvalue weighted by Gasteiger charge is 2.25. The maximum Gasteiger partial charge on any atom is 0.335 e. The van der Waals surface area contributed by atoms with E-state index in [0.717, 1.165) is 6.08 Å². The smallest absolute Gasteiger partial charge is 0.335 e. The molecule has 0 fully saturated rings. The van der Waals surface area contributed by atoms with Crippen LogP contribution in [0.5, 0.6) is 0 Å². The molecule has 0 aromatic heterocycles. The highest BCUT2D eigenvalue weighted by atomic mass is 32.3. The summed E-state index contributed by atoms with van der Waals surface area (Å²) in [5.41, 5.74) is 0.622. The van der Waals surface area contributed by atoms with E-state index in [-0.39, 0.29) is 18.5 Å². The number of rotatable bonds is 8. The van der Waals surface area contributed by atoms with Gasteiger partial charge in [-0.05, 0) is 24.1 Å². The Morgan fingerprint density at radius 1 is 1.43 bits per heavy atom. The molecule has 0 heterocycles. The normalized spacial score (nSPS) is 13.0. The topological polar surface area (TPSA) is 112 Å². The van der Waals surface area contributed by atoms with Crippen molar-refractivity contribution < 1.29 is 27.1 Å². The third-order valence-electron chi connectivity index (χ3n) is 2.57. The Balaban J connectivity index is 2.88. The number of sulfonamides is 1. The number of carbonyl (C=O) groups is 1. The SMILES string of the molecule is C=CCS(=O)(=O)N(CCc1cccc(C(=O)O)c1)S(=O)O. The third-order valence-corrected chi connectivity index (χ3v) is 5.62. The zero-order valence-electron chi connectivity index (χ0n) is 11.0. The zero-order valence-corrected chi connectivity index (χ0v) is 12.6. The largest absolute Gasteiger partial charge is 0.478 e. The summed E-state index contributed by atoms with van der Waals surface area (Å²) in [7, 11) is -3.92. The average molecular weight is 333 g/mol. The highest BCUT2D eigenvalue weighted by Crippen LogP contribution is 2.10. The predicted octanol–water partition coefficient (Wildman–Crippen LogP) is 0.882. The lowest BCUT2D eigenvalue weighted by Crippen LogP contribution is -2.35. The van der Waals surface area contributed by atoms with Crippen molar-refractivity contribution in [2.24, 2.45) is 0 Å². The lowest BCUT2D eigenvalue weighted by molar-refractivity contribution is 0.0696. The van der Waals surface area contributed by atoms with Crippen LogP contribution in [0.3, 0.4) is 0 Å². The van der Waals surface area contributed by atoms with Crippen molar-refractivity contribution >= 4 is 27.3 Å². The van der Waals surface area contributed by atoms with E-state index in [2.05, 4.69) is 6.58 Å². The fourth-order valence-electron chi connectivity index (χ4n) is 1.63. The van der Waals surface area contributed by atoms with Gasteiger partial charge in [0.25, 0.3) is 0 Å². The number of hydrogen-bond acceptors (Lipinski definition) is 4. The van der Waals surface area contributed by atoms with Gasteiger partial charge in [-0.3, -0.25) is 4.55 Å². The third kappa shape index (κ3) is 5.05. The van der Waals surface area contributed by atoms with Crippen LogP contribution < -0.4 is 0 Å². The van der Waals surface area contributed by atoms with Gasteiger partial charge in [0, 0.05) is 6.54 Å². The van der Waals surface area contributed by atoms with Crippen molar-refractivity contribution in [2.45, 2.75) is 6.42 Å². The van der Waals surface area contributed by atoms with Crippen LogP contribution in [-0.4, -0.2) is 44.3 Å². The van der Waals surface area contributed by atoms with Crippen LogP contribution in [-0.2, 0) is 27.7 Å². The zero-order chi connectivity index (χ0) is 16.0. The van der Waals surface area contributed by atoms with Gasteiger partial charge >= 0.3 is 5.97 Å². The molecule has 0 radical (unpaired) electrons. The van der Waals surface area contributed by atoms with Crippen molar-refractivity contribution in [3.05, 3.63) is 48.0 Å². The molecule has 1 aromatic rings. The Hall–Kier alpha value is -1.55. The molecule has 116 valence electrons. The van der Waals surface area contributed by atoms with Gasteiger partial charge in [-0.15, -0.1) is 6.58 Å². The lowest BCUT2D eigenvalue weighted by Gasteiger charge is -2.16. The van der Waals surface area contributed by atoms with Crippen LogP contribution in [0, 0.1) is 0 Å². The Kier molecular flexibility index (Phi) is 6.21. The van der Waals surface area contributed by atoms with Crippen molar-refractivity contribution in [1.29, 1.82) is 0 Å². The van der Waals surface area contributed by atoms with Gasteiger partial charge in [0.1, 0.15) is 0 Å². The number of hydrogen-bond donors (Lipinski definition) is 2. The molecular formula is C12H15NO6S2. The fourth-order valence-corrected chi connectivity index (χ4v) is 3.67. The Morgan fingerprint density at radius 2 is 2.10 bits per heavy atom. The molecule has 0 saturated carbocycles. The summed E-state index contributed by atoms with van der Waals surface area (Å²) in [6.45, 7) is 3.05. The minimum Gasteiger partial charge on any atom is -0.478 e. The minimum absolute atomic E-state index is 0.0677. The average Bonchev–Trinajstić information content (AvgIpc) is 2.38. The van der Waals surface area contributed by atoms with Gasteiger partial charge in [0.15, 0.2) is 0 Å². The number of aromatic carboxylic acids is 1. The molecule has 1 rings (SSSR count). The molecule has 21 heavy (non-hydrogen) atoms. The number of carboxylic acid groups (broad SMARTS) is 1. The van der Waals surface area contributed by atoms with E-state index in [1.165, 1.54) is 18.2 Å². The maximum atomic E-state index is 11.8. The summed E-state index contributed by atoms with van der Waals surface area (Å²) < 4.78 is 44.2. The van der Waals surface area contributed by atoms with E-state index in [9.17, 15) is 17.4 Å². The summed E-state index contributed by atoms with van der Waals surface area (Å²) in [5.74, 6) is -1.55. The van der Waals surface area contributed by atoms with Crippen molar-refractivity contribution in [3.8, 4) is 0 Å². The van der Waals surface area contributed by atoms with Crippen LogP contribution in [0.2, 0.25) is 0 Å². The molecule has 0 amide bonds. The van der Waals surface area contributed by atoms with Crippen LogP contribution in [0.15, 0.2) is 36.9 Å². The summed E-state index contributed by atoms with van der Waals surface area (Å²) in [6.07, 6.45) is 1.24. The first-order chi connectivity index (χ1) is 9.77. The van der Waals surface area contributed by atoms with Crippen LogP contribution >= 0.6 is 0 Å². The Labute approximate surface area is 125 Å². The molecule has 0 aliphatic carbocycles. The molecule has 7 nitrogen and oxygen atoms in total. The molecule has 0 spiro atoms. The van der Waals surface area contributed by atoms with E-state index < -0.39 is 33.0 Å². The summed E-state index contributed by atoms with van der Waals surface area (Å²) >= 11 is -2.68. The first-order valence-corrected chi connectivity index (χ1v) is 8.49. The molecule has 1 atom stereocenters. The molecule has 2 N–H and O–H groups in total. The standard InChI is InChI=1S/C12H15NO6S2/c1-2-8-21(18,19)13(20(16)17)7-6-10-4-3-5-11(9-10)12(14)15/h2-5,9H,1,6-8H2,(H,14,15)(H,16,17). The summed E-state index contributed by atoms with van der Waals surface area (Å²) in [5, 5.41) is 8.87. The second-order valence-electron chi connectivity index (χ2n) is 4.08. The Bertz CT molecular complexity index is 655. The van der Waals surface area contributed by atoms with E-state index in [1.54, 1.807) is 6.07 Å². The van der Waals surface area contributed by atoms with Gasteiger partial charge in [-0.25, -0.2) is 17.4 Å². The van der Waals surface area contributed by atoms with Crippen LogP contribution in [0.1, 0.15) is 15.9 Å². The first kappa shape index (κ1) is 17.5. The number of carboxylic acids is 1. The molecular weight excluding hydrogens is 318 g/mol. The van der Waals surface area contributed by atoms with E-state index in [0.29, 0.717) is 9.27 Å². The van der Waals surface area contributed by atoms with E-state index in [4.69, 9.17) is 9.66 Å². The lowest BCUT2D eigenvalue weighted by atomic mass is 10.1. The molecule has 0 aliphatic rings. The minimum atomic E-state index is -3.92. The van der Waals surface area contributed by atoms with E-state index >= 15 is 0 Å². The van der Waals surface area contributed by atoms with Crippen LogP contribution in [0.25, 0.3) is 0 Å². The predicted molar refractivity (Wildman–Crippen MR) is 78.6 cm³/mol. The fraction of sp³-hybridized carbons (Fsp3) is 0.250. The number of nitrogens with zero attached hydrogens (tertiary/aromatic N) is 1. The first-order valence-electron chi connectivity index (χ1n) is 5.82. The van der Waals surface area contributed by atoms with Crippen LogP contribution in [0.4, 0.5) is 0 Å². The molecule has 9 heteroatoms. The van der Waals surface area contributed by atoms with Crippen molar-refractivity contribution in [3.63, 3.8) is 0 Å². The second-order valence-corrected chi connectivity index (χ2v) is 7.15. The van der Waals surface area contributed by atoms with E-state index in [1.807, 2.05) is 0 Å². The summed E-state index contributed by atoms with van der Waals surface area (Å²) in [6, 6.07) is 5.94. The molecule has 0 aliphatic heterocycles. The quantitative estimate of drug-likeness (QED) is 0.539. The van der Waals surface area contributed by atoms with Gasteiger partial charge in [-0.1, -0.05) is 21.9 Å². The molecule has 0 saturated heterocycles. The van der Waals surface area contributed by atoms with Gasteiger partial charge in [0.2, 0.25) is 21.3 Å².